The number of sulfonamides is 1. The normalized spacial score (nSPS) is 20.7. The van der Waals surface area contributed by atoms with Crippen molar-refractivity contribution in [1.29, 1.82) is 0 Å². The Labute approximate surface area is 91.6 Å². The van der Waals surface area contributed by atoms with Crippen LogP contribution < -0.4 is 5.73 Å². The third-order valence-electron chi connectivity index (χ3n) is 2.64. The molecule has 0 unspecified atom stereocenters. The molecule has 2 N–H and O–H groups in total. The third-order valence-corrected chi connectivity index (χ3v) is 4.60. The number of methoxy groups -OCH3 is 1. The lowest BCUT2D eigenvalue weighted by Crippen LogP contribution is -2.43. The molecule has 1 fully saturated rings. The summed E-state index contributed by atoms with van der Waals surface area (Å²) in [5.41, 5.74) is 5.72. The van der Waals surface area contributed by atoms with E-state index in [1.165, 1.54) is 0 Å². The Bertz CT molecular complexity index is 271. The zero-order valence-electron chi connectivity index (χ0n) is 9.18. The van der Waals surface area contributed by atoms with Gasteiger partial charge in [-0.1, -0.05) is 0 Å². The molecule has 0 aromatic carbocycles. The second-order valence-electron chi connectivity index (χ2n) is 3.90. The molecule has 1 aliphatic heterocycles. The van der Waals surface area contributed by atoms with Gasteiger partial charge in [-0.3, -0.25) is 0 Å². The largest absolute Gasteiger partial charge is 0.385 e. The minimum absolute atomic E-state index is 0.162. The van der Waals surface area contributed by atoms with Gasteiger partial charge in [0.25, 0.3) is 0 Å². The quantitative estimate of drug-likeness (QED) is 0.670. The predicted molar refractivity (Wildman–Crippen MR) is 59.1 cm³/mol. The Balaban J connectivity index is 2.40. The number of hydrogen-bond donors (Lipinski definition) is 1. The molecule has 6 heteroatoms. The molecule has 0 saturated carbocycles. The van der Waals surface area contributed by atoms with Gasteiger partial charge in [-0.25, -0.2) is 12.7 Å². The van der Waals surface area contributed by atoms with Crippen LogP contribution in [0.1, 0.15) is 19.3 Å². The highest BCUT2D eigenvalue weighted by molar-refractivity contribution is 7.89. The molecule has 90 valence electrons. The van der Waals surface area contributed by atoms with Gasteiger partial charge in [-0.2, -0.15) is 0 Å². The first-order valence-corrected chi connectivity index (χ1v) is 6.89. The number of rotatable bonds is 5. The van der Waals surface area contributed by atoms with Crippen molar-refractivity contribution < 1.29 is 13.2 Å². The lowest BCUT2D eigenvalue weighted by Gasteiger charge is -2.29. The number of piperidine rings is 1. The zero-order valence-corrected chi connectivity index (χ0v) is 10.0. The van der Waals surface area contributed by atoms with E-state index in [9.17, 15) is 8.42 Å². The van der Waals surface area contributed by atoms with Crippen molar-refractivity contribution in [2.75, 3.05) is 32.6 Å². The van der Waals surface area contributed by atoms with Crippen LogP contribution in [0.4, 0.5) is 0 Å². The fourth-order valence-electron chi connectivity index (χ4n) is 1.67. The SMILES string of the molecule is COCCCS(=O)(=O)N1CCC(N)CC1. The van der Waals surface area contributed by atoms with E-state index in [1.54, 1.807) is 11.4 Å². The summed E-state index contributed by atoms with van der Waals surface area (Å²) in [5.74, 6) is 0.177. The fourth-order valence-corrected chi connectivity index (χ4v) is 3.18. The molecule has 0 radical (unpaired) electrons. The van der Waals surface area contributed by atoms with E-state index < -0.39 is 10.0 Å². The standard InChI is InChI=1S/C9H20N2O3S/c1-14-7-2-8-15(12,13)11-5-3-9(10)4-6-11/h9H,2-8,10H2,1H3. The molecule has 1 saturated heterocycles. The maximum atomic E-state index is 11.8. The smallest absolute Gasteiger partial charge is 0.214 e. The van der Waals surface area contributed by atoms with Gasteiger partial charge in [-0.05, 0) is 19.3 Å². The Hall–Kier alpha value is -0.170. The van der Waals surface area contributed by atoms with Gasteiger partial charge in [0, 0.05) is 32.8 Å². The minimum atomic E-state index is -3.08. The lowest BCUT2D eigenvalue weighted by atomic mass is 10.1. The molecule has 1 rings (SSSR count). The summed E-state index contributed by atoms with van der Waals surface area (Å²) in [6.45, 7) is 1.62. The molecule has 0 amide bonds. The summed E-state index contributed by atoms with van der Waals surface area (Å²) in [4.78, 5) is 0. The summed E-state index contributed by atoms with van der Waals surface area (Å²) < 4.78 is 30.0. The van der Waals surface area contributed by atoms with Crippen LogP contribution in [0.25, 0.3) is 0 Å². The van der Waals surface area contributed by atoms with Gasteiger partial charge < -0.3 is 10.5 Å². The average Bonchev–Trinajstić information content (AvgIpc) is 2.18. The first kappa shape index (κ1) is 12.9. The van der Waals surface area contributed by atoms with Crippen molar-refractivity contribution in [2.45, 2.75) is 25.3 Å². The highest BCUT2D eigenvalue weighted by Crippen LogP contribution is 2.13. The summed E-state index contributed by atoms with van der Waals surface area (Å²) >= 11 is 0. The molecule has 0 aliphatic carbocycles. The fraction of sp³-hybridized carbons (Fsp3) is 1.00. The summed E-state index contributed by atoms with van der Waals surface area (Å²) in [6.07, 6.45) is 2.09. The Morgan fingerprint density at radius 3 is 2.53 bits per heavy atom. The topological polar surface area (TPSA) is 72.6 Å². The van der Waals surface area contributed by atoms with E-state index in [1.807, 2.05) is 0 Å². The highest BCUT2D eigenvalue weighted by atomic mass is 32.2. The molecular formula is C9H20N2O3S. The zero-order chi connectivity index (χ0) is 11.3. The number of hydrogen-bond acceptors (Lipinski definition) is 4. The molecule has 1 heterocycles. The van der Waals surface area contributed by atoms with Crippen LogP contribution in [-0.4, -0.2) is 51.3 Å². The van der Waals surface area contributed by atoms with Gasteiger partial charge in [0.1, 0.15) is 0 Å². The van der Waals surface area contributed by atoms with E-state index in [0.717, 1.165) is 12.8 Å². The van der Waals surface area contributed by atoms with Crippen LogP contribution in [0.3, 0.4) is 0 Å². The van der Waals surface area contributed by atoms with Crippen LogP contribution in [0.15, 0.2) is 0 Å². The van der Waals surface area contributed by atoms with Crippen molar-refractivity contribution in [2.24, 2.45) is 5.73 Å². The van der Waals surface area contributed by atoms with Gasteiger partial charge in [0.2, 0.25) is 10.0 Å². The van der Waals surface area contributed by atoms with E-state index in [2.05, 4.69) is 0 Å². The first-order chi connectivity index (χ1) is 7.06. The second-order valence-corrected chi connectivity index (χ2v) is 5.99. The Morgan fingerprint density at radius 2 is 2.00 bits per heavy atom. The van der Waals surface area contributed by atoms with Crippen LogP contribution in [0.2, 0.25) is 0 Å². The van der Waals surface area contributed by atoms with Gasteiger partial charge in [-0.15, -0.1) is 0 Å². The van der Waals surface area contributed by atoms with Crippen molar-refractivity contribution in [1.82, 2.24) is 4.31 Å². The lowest BCUT2D eigenvalue weighted by molar-refractivity contribution is 0.199. The molecule has 1 aliphatic rings. The highest BCUT2D eigenvalue weighted by Gasteiger charge is 2.25. The summed E-state index contributed by atoms with van der Waals surface area (Å²) in [6, 6.07) is 0.162. The predicted octanol–water partition coefficient (Wildman–Crippen LogP) is -0.224. The number of nitrogens with two attached hydrogens (primary N) is 1. The Morgan fingerprint density at radius 1 is 1.40 bits per heavy atom. The van der Waals surface area contributed by atoms with Crippen molar-refractivity contribution in [3.05, 3.63) is 0 Å². The first-order valence-electron chi connectivity index (χ1n) is 5.28. The van der Waals surface area contributed by atoms with Crippen molar-refractivity contribution in [3.8, 4) is 0 Å². The third kappa shape index (κ3) is 4.06. The average molecular weight is 236 g/mol. The molecule has 0 spiro atoms. The maximum absolute atomic E-state index is 11.8. The van der Waals surface area contributed by atoms with Crippen molar-refractivity contribution >= 4 is 10.0 Å². The van der Waals surface area contributed by atoms with Crippen LogP contribution in [0.5, 0.6) is 0 Å². The molecular weight excluding hydrogens is 216 g/mol. The molecule has 15 heavy (non-hydrogen) atoms. The van der Waals surface area contributed by atoms with Gasteiger partial charge in [0.15, 0.2) is 0 Å². The molecule has 0 aromatic heterocycles. The molecule has 0 bridgehead atoms. The number of ether oxygens (including phenoxy) is 1. The van der Waals surface area contributed by atoms with Crippen LogP contribution in [-0.2, 0) is 14.8 Å². The van der Waals surface area contributed by atoms with Crippen LogP contribution >= 0.6 is 0 Å². The molecule has 5 nitrogen and oxygen atoms in total. The summed E-state index contributed by atoms with van der Waals surface area (Å²) in [7, 11) is -1.51. The van der Waals surface area contributed by atoms with Crippen molar-refractivity contribution in [3.63, 3.8) is 0 Å². The van der Waals surface area contributed by atoms with Crippen LogP contribution in [0, 0.1) is 0 Å². The monoisotopic (exact) mass is 236 g/mol. The molecule has 0 aromatic rings. The summed E-state index contributed by atoms with van der Waals surface area (Å²) in [5, 5.41) is 0. The minimum Gasteiger partial charge on any atom is -0.385 e. The van der Waals surface area contributed by atoms with E-state index in [0.29, 0.717) is 26.1 Å². The van der Waals surface area contributed by atoms with E-state index in [4.69, 9.17) is 10.5 Å². The second kappa shape index (κ2) is 5.79. The Kier molecular flexibility index (Phi) is 4.98. The molecule has 0 atom stereocenters. The number of nitrogens with zero attached hydrogens (tertiary/aromatic N) is 1. The van der Waals surface area contributed by atoms with Gasteiger partial charge in [0.05, 0.1) is 5.75 Å². The maximum Gasteiger partial charge on any atom is 0.214 e. The van der Waals surface area contributed by atoms with E-state index >= 15 is 0 Å². The van der Waals surface area contributed by atoms with E-state index in [-0.39, 0.29) is 11.8 Å². The van der Waals surface area contributed by atoms with Gasteiger partial charge >= 0.3 is 0 Å².